The molecule has 1 saturated heterocycles. The van der Waals surface area contributed by atoms with Crippen LogP contribution in [0.25, 0.3) is 11.3 Å². The Morgan fingerprint density at radius 2 is 1.80 bits per heavy atom. The number of nitrogens with zero attached hydrogens (tertiary/aromatic N) is 2. The molecule has 2 heterocycles. The van der Waals surface area contributed by atoms with Crippen LogP contribution < -0.4 is 5.69 Å². The maximum atomic E-state index is 12.3. The van der Waals surface area contributed by atoms with Gasteiger partial charge < -0.3 is 14.6 Å². The van der Waals surface area contributed by atoms with Crippen LogP contribution in [0.5, 0.6) is 0 Å². The maximum absolute atomic E-state index is 12.3. The molecule has 1 amide bonds. The second-order valence-electron chi connectivity index (χ2n) is 7.44. The molecule has 6 heteroatoms. The van der Waals surface area contributed by atoms with Gasteiger partial charge in [-0.25, -0.2) is 9.59 Å². The number of amides is 1. The Hall–Kier alpha value is -2.50. The smallest absolute Gasteiger partial charge is 0.410 e. The van der Waals surface area contributed by atoms with E-state index in [1.165, 1.54) is 0 Å². The quantitative estimate of drug-likeness (QED) is 0.908. The number of imidazole rings is 1. The van der Waals surface area contributed by atoms with Crippen molar-refractivity contribution < 1.29 is 9.53 Å². The molecule has 1 fully saturated rings. The predicted molar refractivity (Wildman–Crippen MR) is 96.6 cm³/mol. The van der Waals surface area contributed by atoms with Crippen LogP contribution in [0, 0.1) is 0 Å². The predicted octanol–water partition coefficient (Wildman–Crippen LogP) is 3.42. The van der Waals surface area contributed by atoms with Gasteiger partial charge in [-0.05, 0) is 39.2 Å². The highest BCUT2D eigenvalue weighted by Crippen LogP contribution is 2.24. The van der Waals surface area contributed by atoms with Gasteiger partial charge >= 0.3 is 11.8 Å². The lowest BCUT2D eigenvalue weighted by molar-refractivity contribution is 0.0187. The fourth-order valence-corrected chi connectivity index (χ4v) is 3.10. The molecule has 0 spiro atoms. The molecule has 6 nitrogen and oxygen atoms in total. The van der Waals surface area contributed by atoms with Crippen molar-refractivity contribution in [3.8, 4) is 11.3 Å². The normalized spacial score (nSPS) is 16.0. The lowest BCUT2D eigenvalue weighted by Crippen LogP contribution is -2.42. The summed E-state index contributed by atoms with van der Waals surface area (Å²) in [5, 5.41) is 0. The van der Waals surface area contributed by atoms with Gasteiger partial charge in [0, 0.05) is 25.3 Å². The second kappa shape index (κ2) is 6.78. The first-order valence-corrected chi connectivity index (χ1v) is 8.68. The lowest BCUT2D eigenvalue weighted by atomic mass is 10.1. The van der Waals surface area contributed by atoms with E-state index in [-0.39, 0.29) is 17.8 Å². The van der Waals surface area contributed by atoms with Gasteiger partial charge in [-0.3, -0.25) is 4.57 Å². The van der Waals surface area contributed by atoms with Crippen molar-refractivity contribution >= 4 is 6.09 Å². The minimum absolute atomic E-state index is 0.0971. The lowest BCUT2D eigenvalue weighted by Gasteiger charge is -2.33. The summed E-state index contributed by atoms with van der Waals surface area (Å²) in [6.45, 7) is 6.78. The highest BCUT2D eigenvalue weighted by Gasteiger charge is 2.28. The summed E-state index contributed by atoms with van der Waals surface area (Å²) in [6, 6.07) is 9.89. The van der Waals surface area contributed by atoms with E-state index in [2.05, 4.69) is 4.98 Å². The molecule has 2 aromatic rings. The van der Waals surface area contributed by atoms with Gasteiger partial charge in [-0.15, -0.1) is 0 Å². The molecule has 0 radical (unpaired) electrons. The van der Waals surface area contributed by atoms with Crippen molar-refractivity contribution in [1.82, 2.24) is 14.5 Å². The summed E-state index contributed by atoms with van der Waals surface area (Å²) in [4.78, 5) is 29.1. The SMILES string of the molecule is CC(C)(C)OC(=O)N1CCC(n2cc(-c3ccccc3)[nH]c2=O)CC1. The van der Waals surface area contributed by atoms with E-state index in [1.54, 1.807) is 9.47 Å². The molecule has 1 aliphatic rings. The van der Waals surface area contributed by atoms with Crippen LogP contribution in [0.4, 0.5) is 4.79 Å². The van der Waals surface area contributed by atoms with E-state index < -0.39 is 5.60 Å². The Balaban J connectivity index is 1.67. The molecule has 134 valence electrons. The third-order valence-electron chi connectivity index (χ3n) is 4.34. The van der Waals surface area contributed by atoms with Gasteiger partial charge in [0.25, 0.3) is 0 Å². The number of rotatable bonds is 2. The molecule has 1 aromatic carbocycles. The molecule has 1 aromatic heterocycles. The summed E-state index contributed by atoms with van der Waals surface area (Å²) in [5.41, 5.74) is 1.22. The first-order chi connectivity index (χ1) is 11.8. The van der Waals surface area contributed by atoms with Gasteiger partial charge in [0.2, 0.25) is 0 Å². The number of H-pyrrole nitrogens is 1. The number of carbonyl (C=O) groups is 1. The number of hydrogen-bond acceptors (Lipinski definition) is 3. The van der Waals surface area contributed by atoms with E-state index in [0.717, 1.165) is 24.1 Å². The molecule has 0 atom stereocenters. The van der Waals surface area contributed by atoms with Crippen LogP contribution in [0.1, 0.15) is 39.7 Å². The number of benzene rings is 1. The van der Waals surface area contributed by atoms with Crippen molar-refractivity contribution in [1.29, 1.82) is 0 Å². The number of aromatic amines is 1. The van der Waals surface area contributed by atoms with E-state index >= 15 is 0 Å². The van der Waals surface area contributed by atoms with Crippen LogP contribution >= 0.6 is 0 Å². The molecule has 25 heavy (non-hydrogen) atoms. The van der Waals surface area contributed by atoms with Gasteiger partial charge in [0.05, 0.1) is 5.69 Å². The molecule has 0 unspecified atom stereocenters. The number of ether oxygens (including phenoxy) is 1. The van der Waals surface area contributed by atoms with Crippen LogP contribution in [-0.2, 0) is 4.74 Å². The van der Waals surface area contributed by atoms with Gasteiger partial charge in [-0.2, -0.15) is 0 Å². The third-order valence-corrected chi connectivity index (χ3v) is 4.34. The zero-order valence-corrected chi connectivity index (χ0v) is 15.0. The van der Waals surface area contributed by atoms with Gasteiger partial charge in [-0.1, -0.05) is 30.3 Å². The van der Waals surface area contributed by atoms with E-state index in [1.807, 2.05) is 57.3 Å². The summed E-state index contributed by atoms with van der Waals surface area (Å²) in [7, 11) is 0. The molecule has 0 saturated carbocycles. The zero-order valence-electron chi connectivity index (χ0n) is 15.0. The van der Waals surface area contributed by atoms with Crippen molar-refractivity contribution in [2.24, 2.45) is 0 Å². The van der Waals surface area contributed by atoms with Crippen LogP contribution in [0.3, 0.4) is 0 Å². The minimum atomic E-state index is -0.490. The fourth-order valence-electron chi connectivity index (χ4n) is 3.10. The highest BCUT2D eigenvalue weighted by molar-refractivity contribution is 5.68. The van der Waals surface area contributed by atoms with Crippen LogP contribution in [0.15, 0.2) is 41.3 Å². The first kappa shape index (κ1) is 17.3. The molecule has 1 aliphatic heterocycles. The minimum Gasteiger partial charge on any atom is -0.444 e. The number of nitrogens with one attached hydrogen (secondary N) is 1. The molecular formula is C19H25N3O3. The highest BCUT2D eigenvalue weighted by atomic mass is 16.6. The number of hydrogen-bond donors (Lipinski definition) is 1. The number of aromatic nitrogens is 2. The topological polar surface area (TPSA) is 67.3 Å². The molecule has 0 bridgehead atoms. The number of piperidine rings is 1. The van der Waals surface area contributed by atoms with E-state index in [4.69, 9.17) is 4.74 Å². The Morgan fingerprint density at radius 1 is 1.16 bits per heavy atom. The Kier molecular flexibility index (Phi) is 4.70. The number of likely N-dealkylation sites (tertiary alicyclic amines) is 1. The summed E-state index contributed by atoms with van der Waals surface area (Å²) < 4.78 is 7.17. The van der Waals surface area contributed by atoms with Crippen molar-refractivity contribution in [3.63, 3.8) is 0 Å². The van der Waals surface area contributed by atoms with Gasteiger partial charge in [0.1, 0.15) is 5.60 Å². The summed E-state index contributed by atoms with van der Waals surface area (Å²) in [6.07, 6.45) is 3.08. The van der Waals surface area contributed by atoms with Crippen LogP contribution in [0.2, 0.25) is 0 Å². The standard InChI is InChI=1S/C19H25N3O3/c1-19(2,3)25-18(24)21-11-9-15(10-12-21)22-13-16(20-17(22)23)14-7-5-4-6-8-14/h4-8,13,15H,9-12H2,1-3H3,(H,20,23). The third kappa shape index (κ3) is 4.13. The summed E-state index contributed by atoms with van der Waals surface area (Å²) >= 11 is 0. The van der Waals surface area contributed by atoms with E-state index in [9.17, 15) is 9.59 Å². The Bertz CT molecular complexity index is 778. The first-order valence-electron chi connectivity index (χ1n) is 8.68. The average molecular weight is 343 g/mol. The number of carbonyl (C=O) groups excluding carboxylic acids is 1. The van der Waals surface area contributed by atoms with E-state index in [0.29, 0.717) is 13.1 Å². The fraction of sp³-hybridized carbons (Fsp3) is 0.474. The summed E-state index contributed by atoms with van der Waals surface area (Å²) in [5.74, 6) is 0. The van der Waals surface area contributed by atoms with Crippen molar-refractivity contribution in [2.45, 2.75) is 45.3 Å². The second-order valence-corrected chi connectivity index (χ2v) is 7.44. The molecule has 0 aliphatic carbocycles. The largest absolute Gasteiger partial charge is 0.444 e. The van der Waals surface area contributed by atoms with Crippen LogP contribution in [-0.4, -0.2) is 39.2 Å². The molecule has 3 rings (SSSR count). The molecular weight excluding hydrogens is 318 g/mol. The zero-order chi connectivity index (χ0) is 18.0. The van der Waals surface area contributed by atoms with Gasteiger partial charge in [0.15, 0.2) is 0 Å². The van der Waals surface area contributed by atoms with Crippen molar-refractivity contribution in [2.75, 3.05) is 13.1 Å². The molecule has 1 N–H and O–H groups in total. The monoisotopic (exact) mass is 343 g/mol. The average Bonchev–Trinajstić information content (AvgIpc) is 2.96. The Morgan fingerprint density at radius 3 is 2.40 bits per heavy atom. The Labute approximate surface area is 147 Å². The van der Waals surface area contributed by atoms with Crippen molar-refractivity contribution in [3.05, 3.63) is 47.0 Å². The maximum Gasteiger partial charge on any atom is 0.410 e.